The molecule has 1 heterocycles. The number of benzene rings is 4. The van der Waals surface area contributed by atoms with Crippen molar-refractivity contribution >= 4 is 23.1 Å². The lowest BCUT2D eigenvalue weighted by molar-refractivity contribution is -0.132. The second-order valence-corrected chi connectivity index (χ2v) is 9.28. The average molecular weight is 522 g/mol. The van der Waals surface area contributed by atoms with E-state index in [1.165, 1.54) is 11.0 Å². The van der Waals surface area contributed by atoms with Gasteiger partial charge in [-0.05, 0) is 79.1 Å². The number of methoxy groups -OCH3 is 1. The molecule has 1 aliphatic heterocycles. The van der Waals surface area contributed by atoms with Gasteiger partial charge in [-0.3, -0.25) is 14.5 Å². The van der Waals surface area contributed by atoms with Gasteiger partial charge in [-0.2, -0.15) is 0 Å². The molecule has 196 valence electrons. The van der Waals surface area contributed by atoms with E-state index in [-0.39, 0.29) is 22.8 Å². The van der Waals surface area contributed by atoms with Crippen LogP contribution in [0.1, 0.15) is 28.3 Å². The van der Waals surface area contributed by atoms with Crippen LogP contribution in [-0.4, -0.2) is 29.0 Å². The molecule has 1 saturated heterocycles. The van der Waals surface area contributed by atoms with Gasteiger partial charge in [0, 0.05) is 5.56 Å². The third-order valence-electron chi connectivity index (χ3n) is 6.74. The number of hydrogen-bond acceptors (Lipinski definition) is 6. The maximum absolute atomic E-state index is 13.5. The van der Waals surface area contributed by atoms with Crippen molar-refractivity contribution in [3.63, 3.8) is 0 Å². The van der Waals surface area contributed by atoms with Gasteiger partial charge in [-0.1, -0.05) is 42.5 Å². The Labute approximate surface area is 226 Å². The highest BCUT2D eigenvalue weighted by Gasteiger charge is 2.48. The molecular weight excluding hydrogens is 494 g/mol. The Bertz CT molecular complexity index is 1610. The topological polar surface area (TPSA) is 96.3 Å². The Morgan fingerprint density at radius 3 is 2.23 bits per heavy atom. The van der Waals surface area contributed by atoms with E-state index in [1.54, 1.807) is 68.6 Å². The minimum Gasteiger partial charge on any atom is -0.507 e. The Kier molecular flexibility index (Phi) is 6.81. The molecule has 1 amide bonds. The number of carbonyl (C=O) groups is 2. The number of amides is 1. The van der Waals surface area contributed by atoms with Gasteiger partial charge in [-0.25, -0.2) is 0 Å². The highest BCUT2D eigenvalue weighted by atomic mass is 16.5. The fourth-order valence-electron chi connectivity index (χ4n) is 4.85. The van der Waals surface area contributed by atoms with Crippen LogP contribution >= 0.6 is 0 Å². The van der Waals surface area contributed by atoms with Crippen molar-refractivity contribution in [2.75, 3.05) is 12.0 Å². The molecule has 39 heavy (non-hydrogen) atoms. The number of ketones is 1. The van der Waals surface area contributed by atoms with Gasteiger partial charge in [0.05, 0.1) is 24.4 Å². The second-order valence-electron chi connectivity index (χ2n) is 9.28. The first-order chi connectivity index (χ1) is 18.8. The smallest absolute Gasteiger partial charge is 0.300 e. The van der Waals surface area contributed by atoms with E-state index >= 15 is 0 Å². The summed E-state index contributed by atoms with van der Waals surface area (Å²) in [5, 5.41) is 22.2. The first-order valence-electron chi connectivity index (χ1n) is 12.4. The van der Waals surface area contributed by atoms with E-state index in [4.69, 9.17) is 9.47 Å². The molecule has 1 aliphatic rings. The number of ether oxygens (including phenoxy) is 2. The number of carbonyl (C=O) groups excluding carboxylic acids is 2. The number of nitrogens with zero attached hydrogens (tertiary/aromatic N) is 1. The normalized spacial score (nSPS) is 16.4. The van der Waals surface area contributed by atoms with E-state index in [2.05, 4.69) is 0 Å². The van der Waals surface area contributed by atoms with Gasteiger partial charge >= 0.3 is 0 Å². The largest absolute Gasteiger partial charge is 0.507 e. The van der Waals surface area contributed by atoms with Crippen LogP contribution in [-0.2, 0) is 9.59 Å². The molecule has 1 unspecified atom stereocenters. The Morgan fingerprint density at radius 1 is 0.821 bits per heavy atom. The summed E-state index contributed by atoms with van der Waals surface area (Å²) < 4.78 is 11.4. The number of rotatable bonds is 6. The molecule has 0 bridgehead atoms. The monoisotopic (exact) mass is 521 g/mol. The van der Waals surface area contributed by atoms with Crippen LogP contribution in [0.2, 0.25) is 0 Å². The number of phenolic OH excluding ortho intramolecular Hbond substituents is 1. The van der Waals surface area contributed by atoms with Crippen LogP contribution in [0.4, 0.5) is 5.69 Å². The first-order valence-corrected chi connectivity index (χ1v) is 12.4. The van der Waals surface area contributed by atoms with E-state index in [9.17, 15) is 19.8 Å². The zero-order chi connectivity index (χ0) is 27.7. The minimum atomic E-state index is -1.03. The second kappa shape index (κ2) is 10.4. The molecule has 1 atom stereocenters. The van der Waals surface area contributed by atoms with Gasteiger partial charge in [0.2, 0.25) is 0 Å². The lowest BCUT2D eigenvalue weighted by atomic mass is 9.93. The highest BCUT2D eigenvalue weighted by Crippen LogP contribution is 2.45. The van der Waals surface area contributed by atoms with Crippen molar-refractivity contribution in [2.24, 2.45) is 0 Å². The number of aliphatic hydroxyl groups excluding tert-OH is 1. The minimum absolute atomic E-state index is 0.0900. The number of aromatic hydroxyl groups is 1. The number of Topliss-reactive ketones (excluding diaryl/α,β-unsaturated/α-hetero) is 1. The lowest BCUT2D eigenvalue weighted by Gasteiger charge is -2.26. The molecular formula is C32H27NO6. The van der Waals surface area contributed by atoms with Crippen LogP contribution in [0.15, 0.2) is 96.6 Å². The third-order valence-corrected chi connectivity index (χ3v) is 6.74. The number of hydrogen-bond donors (Lipinski definition) is 2. The standard InChI is InChI=1S/C32H27NO6/c1-19-17-27(38-3)20(2)16-24(19)30(35)28-29(33(32(37)31(28)36)25-14-7-8-15-26(25)34)21-10-9-13-23(18-21)39-22-11-5-4-6-12-22/h4-18,29,34-35H,1-3H3/b30-28+. The van der Waals surface area contributed by atoms with Crippen molar-refractivity contribution < 1.29 is 29.3 Å². The molecule has 5 rings (SSSR count). The molecule has 1 fully saturated rings. The summed E-state index contributed by atoms with van der Waals surface area (Å²) in [6, 6.07) is 25.0. The number of anilines is 1. The van der Waals surface area contributed by atoms with Gasteiger partial charge in [0.1, 0.15) is 28.8 Å². The summed E-state index contributed by atoms with van der Waals surface area (Å²) in [4.78, 5) is 28.3. The molecule has 0 spiro atoms. The van der Waals surface area contributed by atoms with Crippen LogP contribution in [0.5, 0.6) is 23.0 Å². The van der Waals surface area contributed by atoms with Crippen LogP contribution < -0.4 is 14.4 Å². The summed E-state index contributed by atoms with van der Waals surface area (Å²) in [5.41, 5.74) is 2.42. The van der Waals surface area contributed by atoms with Crippen molar-refractivity contribution in [2.45, 2.75) is 19.9 Å². The van der Waals surface area contributed by atoms with Crippen molar-refractivity contribution in [1.82, 2.24) is 0 Å². The Morgan fingerprint density at radius 2 is 1.51 bits per heavy atom. The summed E-state index contributed by atoms with van der Waals surface area (Å²) in [6.45, 7) is 3.62. The van der Waals surface area contributed by atoms with E-state index < -0.39 is 17.7 Å². The fraction of sp³-hybridized carbons (Fsp3) is 0.125. The fourth-order valence-corrected chi connectivity index (χ4v) is 4.85. The molecule has 0 aromatic heterocycles. The molecule has 0 aliphatic carbocycles. The van der Waals surface area contributed by atoms with Gasteiger partial charge in [0.25, 0.3) is 11.7 Å². The Hall–Kier alpha value is -5.04. The molecule has 7 nitrogen and oxygen atoms in total. The third kappa shape index (κ3) is 4.70. The maximum atomic E-state index is 13.5. The summed E-state index contributed by atoms with van der Waals surface area (Å²) >= 11 is 0. The summed E-state index contributed by atoms with van der Waals surface area (Å²) in [5.74, 6) is -0.456. The first kappa shape index (κ1) is 25.6. The maximum Gasteiger partial charge on any atom is 0.300 e. The molecule has 2 N–H and O–H groups in total. The van der Waals surface area contributed by atoms with Crippen molar-refractivity contribution in [3.05, 3.63) is 119 Å². The Balaban J connectivity index is 1.71. The zero-order valence-corrected chi connectivity index (χ0v) is 21.7. The number of para-hydroxylation sites is 3. The number of aryl methyl sites for hydroxylation is 2. The zero-order valence-electron chi connectivity index (χ0n) is 21.7. The van der Waals surface area contributed by atoms with Gasteiger partial charge in [0.15, 0.2) is 0 Å². The van der Waals surface area contributed by atoms with Crippen molar-refractivity contribution in [1.29, 1.82) is 0 Å². The van der Waals surface area contributed by atoms with E-state index in [0.717, 1.165) is 5.56 Å². The van der Waals surface area contributed by atoms with Crippen LogP contribution in [0.3, 0.4) is 0 Å². The predicted molar refractivity (Wildman–Crippen MR) is 148 cm³/mol. The van der Waals surface area contributed by atoms with Gasteiger partial charge < -0.3 is 19.7 Å². The number of phenols is 1. The predicted octanol–water partition coefficient (Wildman–Crippen LogP) is 6.44. The summed E-state index contributed by atoms with van der Waals surface area (Å²) in [7, 11) is 1.56. The van der Waals surface area contributed by atoms with E-state index in [0.29, 0.717) is 33.9 Å². The van der Waals surface area contributed by atoms with Crippen LogP contribution in [0, 0.1) is 13.8 Å². The van der Waals surface area contributed by atoms with Crippen molar-refractivity contribution in [3.8, 4) is 23.0 Å². The SMILES string of the molecule is COc1cc(C)c(/C(O)=C2\C(=O)C(=O)N(c3ccccc3O)C2c2cccc(Oc3ccccc3)c2)cc1C. The highest BCUT2D eigenvalue weighted by molar-refractivity contribution is 6.52. The molecule has 7 heteroatoms. The number of aliphatic hydroxyl groups is 1. The van der Waals surface area contributed by atoms with E-state index in [1.807, 2.05) is 37.3 Å². The average Bonchev–Trinajstić information content (AvgIpc) is 3.20. The molecule has 0 radical (unpaired) electrons. The van der Waals surface area contributed by atoms with Gasteiger partial charge in [-0.15, -0.1) is 0 Å². The molecule has 4 aromatic carbocycles. The lowest BCUT2D eigenvalue weighted by Crippen LogP contribution is -2.29. The quantitative estimate of drug-likeness (QED) is 0.172. The summed E-state index contributed by atoms with van der Waals surface area (Å²) in [6.07, 6.45) is 0. The molecule has 0 saturated carbocycles. The van der Waals surface area contributed by atoms with Crippen LogP contribution in [0.25, 0.3) is 5.76 Å². The molecule has 4 aromatic rings.